The van der Waals surface area contributed by atoms with E-state index >= 15 is 0 Å². The van der Waals surface area contributed by atoms with E-state index in [0.29, 0.717) is 0 Å². The van der Waals surface area contributed by atoms with Gasteiger partial charge in [0, 0.05) is 17.2 Å². The lowest BCUT2D eigenvalue weighted by Gasteiger charge is -2.08. The number of nitrogens with zero attached hydrogens (tertiary/aromatic N) is 1. The van der Waals surface area contributed by atoms with E-state index in [1.165, 1.54) is 11.1 Å². The Morgan fingerprint density at radius 3 is 2.78 bits per heavy atom. The van der Waals surface area contributed by atoms with E-state index in [1.807, 2.05) is 6.07 Å². The molecule has 2 rings (SSSR count). The minimum atomic E-state index is 0.872. The Labute approximate surface area is 124 Å². The van der Waals surface area contributed by atoms with Crippen molar-refractivity contribution in [3.8, 4) is 0 Å². The van der Waals surface area contributed by atoms with Crippen LogP contribution in [0.3, 0.4) is 0 Å². The Morgan fingerprint density at radius 1 is 1.22 bits per heavy atom. The van der Waals surface area contributed by atoms with Crippen molar-refractivity contribution in [2.75, 3.05) is 11.9 Å². The predicted molar refractivity (Wildman–Crippen MR) is 83.0 cm³/mol. The number of aromatic nitrogens is 1. The van der Waals surface area contributed by atoms with Crippen molar-refractivity contribution in [1.82, 2.24) is 4.98 Å². The van der Waals surface area contributed by atoms with Gasteiger partial charge in [0.25, 0.3) is 0 Å². The number of aryl methyl sites for hydroxylation is 1. The monoisotopic (exact) mass is 368 g/mol. The van der Waals surface area contributed by atoms with Gasteiger partial charge in [-0.2, -0.15) is 0 Å². The minimum absolute atomic E-state index is 0.872. The van der Waals surface area contributed by atoms with Crippen LogP contribution in [0.4, 0.5) is 5.82 Å². The highest BCUT2D eigenvalue weighted by molar-refractivity contribution is 9.11. The van der Waals surface area contributed by atoms with Gasteiger partial charge in [0.15, 0.2) is 0 Å². The highest BCUT2D eigenvalue weighted by Gasteiger charge is 2.01. The molecule has 4 heteroatoms. The van der Waals surface area contributed by atoms with Crippen molar-refractivity contribution in [3.05, 3.63) is 56.6 Å². The molecule has 0 radical (unpaired) electrons. The molecule has 0 bridgehead atoms. The van der Waals surface area contributed by atoms with Gasteiger partial charge in [-0.25, -0.2) is 4.98 Å². The van der Waals surface area contributed by atoms with Crippen LogP contribution in [0.2, 0.25) is 0 Å². The van der Waals surface area contributed by atoms with Gasteiger partial charge in [-0.15, -0.1) is 0 Å². The van der Waals surface area contributed by atoms with Crippen LogP contribution in [0.15, 0.2) is 45.5 Å². The maximum Gasteiger partial charge on any atom is 0.140 e. The van der Waals surface area contributed by atoms with Crippen LogP contribution in [-0.4, -0.2) is 11.5 Å². The van der Waals surface area contributed by atoms with Crippen molar-refractivity contribution in [1.29, 1.82) is 0 Å². The molecular weight excluding hydrogens is 356 g/mol. The second kappa shape index (κ2) is 6.34. The molecule has 2 nitrogen and oxygen atoms in total. The number of halogens is 2. The number of benzene rings is 1. The third kappa shape index (κ3) is 3.82. The molecule has 1 aromatic heterocycles. The topological polar surface area (TPSA) is 24.9 Å². The summed E-state index contributed by atoms with van der Waals surface area (Å²) in [7, 11) is 0. The molecule has 0 spiro atoms. The first-order valence-electron chi connectivity index (χ1n) is 5.75. The Bertz CT molecular complexity index is 541. The van der Waals surface area contributed by atoms with E-state index in [4.69, 9.17) is 0 Å². The van der Waals surface area contributed by atoms with Gasteiger partial charge in [0.2, 0.25) is 0 Å². The average molecular weight is 370 g/mol. The summed E-state index contributed by atoms with van der Waals surface area (Å²) in [6.45, 7) is 2.99. The molecule has 0 atom stereocenters. The summed E-state index contributed by atoms with van der Waals surface area (Å²) in [6.07, 6.45) is 2.78. The summed E-state index contributed by atoms with van der Waals surface area (Å²) < 4.78 is 1.94. The Morgan fingerprint density at radius 2 is 2.06 bits per heavy atom. The van der Waals surface area contributed by atoms with Crippen LogP contribution in [0.25, 0.3) is 0 Å². The van der Waals surface area contributed by atoms with Gasteiger partial charge >= 0.3 is 0 Å². The molecule has 2 aromatic rings. The molecular formula is C14H14Br2N2. The third-order valence-electron chi connectivity index (χ3n) is 2.60. The summed E-state index contributed by atoms with van der Waals surface area (Å²) in [4.78, 5) is 4.32. The average Bonchev–Trinajstić information content (AvgIpc) is 2.32. The summed E-state index contributed by atoms with van der Waals surface area (Å²) >= 11 is 6.88. The maximum absolute atomic E-state index is 4.32. The van der Waals surface area contributed by atoms with Gasteiger partial charge in [-0.3, -0.25) is 0 Å². The van der Waals surface area contributed by atoms with Crippen molar-refractivity contribution in [3.63, 3.8) is 0 Å². The quantitative estimate of drug-likeness (QED) is 0.853. The largest absolute Gasteiger partial charge is 0.369 e. The third-order valence-corrected chi connectivity index (χ3v) is 3.63. The van der Waals surface area contributed by atoms with Gasteiger partial charge in [-0.05, 0) is 56.8 Å². The molecule has 1 heterocycles. The number of hydrogen-bond donors (Lipinski definition) is 1. The maximum atomic E-state index is 4.32. The van der Waals surface area contributed by atoms with Crippen LogP contribution < -0.4 is 5.32 Å². The van der Waals surface area contributed by atoms with Crippen LogP contribution in [0.5, 0.6) is 0 Å². The van der Waals surface area contributed by atoms with Crippen molar-refractivity contribution >= 4 is 37.7 Å². The fourth-order valence-corrected chi connectivity index (χ4v) is 2.87. The molecule has 18 heavy (non-hydrogen) atoms. The first-order chi connectivity index (χ1) is 8.65. The molecule has 0 aliphatic rings. The summed E-state index contributed by atoms with van der Waals surface area (Å²) in [5.41, 5.74) is 2.64. The van der Waals surface area contributed by atoms with E-state index < -0.39 is 0 Å². The lowest BCUT2D eigenvalue weighted by molar-refractivity contribution is 1.00. The fraction of sp³-hybridized carbons (Fsp3) is 0.214. The predicted octanol–water partition coefficient (Wildman–Crippen LogP) is 4.57. The van der Waals surface area contributed by atoms with Crippen LogP contribution in [0.1, 0.15) is 11.1 Å². The van der Waals surface area contributed by atoms with E-state index in [-0.39, 0.29) is 0 Å². The van der Waals surface area contributed by atoms with Gasteiger partial charge < -0.3 is 5.32 Å². The number of hydrogen-bond acceptors (Lipinski definition) is 2. The van der Waals surface area contributed by atoms with E-state index in [9.17, 15) is 0 Å². The number of rotatable bonds is 4. The van der Waals surface area contributed by atoms with Gasteiger partial charge in [-0.1, -0.05) is 29.8 Å². The van der Waals surface area contributed by atoms with E-state index in [2.05, 4.69) is 73.3 Å². The zero-order chi connectivity index (χ0) is 13.0. The van der Waals surface area contributed by atoms with E-state index in [1.54, 1.807) is 6.20 Å². The highest BCUT2D eigenvalue weighted by atomic mass is 79.9. The normalized spacial score (nSPS) is 10.4. The number of pyridine rings is 1. The molecule has 1 N–H and O–H groups in total. The number of anilines is 1. The van der Waals surface area contributed by atoms with Crippen molar-refractivity contribution in [2.24, 2.45) is 0 Å². The second-order valence-electron chi connectivity index (χ2n) is 4.15. The molecule has 94 valence electrons. The first-order valence-corrected chi connectivity index (χ1v) is 7.34. The van der Waals surface area contributed by atoms with E-state index in [0.717, 1.165) is 27.7 Å². The fourth-order valence-electron chi connectivity index (χ4n) is 1.74. The molecule has 0 aliphatic carbocycles. The molecule has 0 unspecified atom stereocenters. The molecule has 0 saturated heterocycles. The number of nitrogens with one attached hydrogen (secondary N) is 1. The van der Waals surface area contributed by atoms with Crippen LogP contribution >= 0.6 is 31.9 Å². The highest BCUT2D eigenvalue weighted by Crippen LogP contribution is 2.23. The summed E-state index contributed by atoms with van der Waals surface area (Å²) in [5.74, 6) is 0.880. The Kier molecular flexibility index (Phi) is 4.78. The zero-order valence-corrected chi connectivity index (χ0v) is 13.3. The molecule has 0 aliphatic heterocycles. The van der Waals surface area contributed by atoms with Gasteiger partial charge in [0.1, 0.15) is 5.82 Å². The SMILES string of the molecule is Cc1cccc(CCNc2ncc(Br)cc2Br)c1. The second-order valence-corrected chi connectivity index (χ2v) is 5.92. The lowest BCUT2D eigenvalue weighted by Crippen LogP contribution is -2.06. The van der Waals surface area contributed by atoms with Crippen LogP contribution in [-0.2, 0) is 6.42 Å². The molecule has 0 saturated carbocycles. The minimum Gasteiger partial charge on any atom is -0.369 e. The van der Waals surface area contributed by atoms with Crippen molar-refractivity contribution in [2.45, 2.75) is 13.3 Å². The molecule has 0 fully saturated rings. The Hall–Kier alpha value is -0.870. The van der Waals surface area contributed by atoms with Crippen LogP contribution in [0, 0.1) is 6.92 Å². The summed E-state index contributed by atoms with van der Waals surface area (Å²) in [5, 5.41) is 3.33. The first kappa shape index (κ1) is 13.6. The molecule has 1 aromatic carbocycles. The zero-order valence-electron chi connectivity index (χ0n) is 10.1. The smallest absolute Gasteiger partial charge is 0.140 e. The van der Waals surface area contributed by atoms with Crippen molar-refractivity contribution < 1.29 is 0 Å². The molecule has 0 amide bonds. The summed E-state index contributed by atoms with van der Waals surface area (Å²) in [6, 6.07) is 10.6. The lowest BCUT2D eigenvalue weighted by atomic mass is 10.1. The van der Waals surface area contributed by atoms with Gasteiger partial charge in [0.05, 0.1) is 4.47 Å². The standard InChI is InChI=1S/C14H14Br2N2/c1-10-3-2-4-11(7-10)5-6-17-14-13(16)8-12(15)9-18-14/h2-4,7-9H,5-6H2,1H3,(H,17,18). The Balaban J connectivity index is 1.92.